The normalized spacial score (nSPS) is 10.7. The van der Waals surface area contributed by atoms with Crippen LogP contribution in [0.15, 0.2) is 46.5 Å². The first-order valence-corrected chi connectivity index (χ1v) is 10.0. The highest BCUT2D eigenvalue weighted by atomic mass is 127. The molecule has 0 bridgehead atoms. The standard InChI is InChI=1S/C15H12INOS3/c16-14-7-11(10-21-14)15(18)17(8-12-3-1-5-19-12)9-13-4-2-6-20-13/h1-7,10H,8-9H2. The van der Waals surface area contributed by atoms with Crippen LogP contribution in [0.2, 0.25) is 0 Å². The summed E-state index contributed by atoms with van der Waals surface area (Å²) >= 11 is 7.25. The van der Waals surface area contributed by atoms with Crippen molar-refractivity contribution in [2.75, 3.05) is 0 Å². The van der Waals surface area contributed by atoms with Gasteiger partial charge in [0.25, 0.3) is 5.91 Å². The first kappa shape index (κ1) is 15.2. The number of nitrogens with zero attached hydrogens (tertiary/aromatic N) is 1. The minimum absolute atomic E-state index is 0.107. The van der Waals surface area contributed by atoms with Crippen molar-refractivity contribution >= 4 is 62.5 Å². The van der Waals surface area contributed by atoms with Gasteiger partial charge in [0.2, 0.25) is 0 Å². The van der Waals surface area contributed by atoms with Gasteiger partial charge in [0.15, 0.2) is 0 Å². The van der Waals surface area contributed by atoms with E-state index in [0.29, 0.717) is 13.1 Å². The molecule has 21 heavy (non-hydrogen) atoms. The molecule has 2 nitrogen and oxygen atoms in total. The molecule has 0 aliphatic carbocycles. The van der Waals surface area contributed by atoms with Crippen molar-refractivity contribution in [3.05, 3.63) is 64.7 Å². The molecule has 3 aromatic heterocycles. The van der Waals surface area contributed by atoms with Gasteiger partial charge in [-0.05, 0) is 51.6 Å². The van der Waals surface area contributed by atoms with Gasteiger partial charge in [-0.1, -0.05) is 12.1 Å². The van der Waals surface area contributed by atoms with Crippen molar-refractivity contribution < 1.29 is 4.79 Å². The number of halogens is 1. The molecule has 0 aliphatic heterocycles. The van der Waals surface area contributed by atoms with E-state index in [2.05, 4.69) is 45.5 Å². The van der Waals surface area contributed by atoms with Crippen LogP contribution in [0.5, 0.6) is 0 Å². The molecule has 0 atom stereocenters. The van der Waals surface area contributed by atoms with Crippen LogP contribution in [0.25, 0.3) is 0 Å². The van der Waals surface area contributed by atoms with Gasteiger partial charge in [0.05, 0.1) is 21.5 Å². The van der Waals surface area contributed by atoms with Crippen molar-refractivity contribution in [3.8, 4) is 0 Å². The van der Waals surface area contributed by atoms with E-state index in [1.807, 2.05) is 28.5 Å². The molecular weight excluding hydrogens is 433 g/mol. The van der Waals surface area contributed by atoms with Crippen molar-refractivity contribution in [1.82, 2.24) is 4.90 Å². The number of hydrogen-bond donors (Lipinski definition) is 0. The predicted octanol–water partition coefficient (Wildman–Crippen LogP) is 5.32. The van der Waals surface area contributed by atoms with E-state index in [-0.39, 0.29) is 5.91 Å². The zero-order chi connectivity index (χ0) is 14.7. The molecule has 108 valence electrons. The highest BCUT2D eigenvalue weighted by molar-refractivity contribution is 14.1. The van der Waals surface area contributed by atoms with E-state index in [0.717, 1.165) is 8.45 Å². The molecule has 1 amide bonds. The fraction of sp³-hybridized carbons (Fsp3) is 0.133. The third-order valence-electron chi connectivity index (χ3n) is 2.96. The molecule has 0 spiro atoms. The number of amides is 1. The van der Waals surface area contributed by atoms with Crippen LogP contribution in [0.4, 0.5) is 0 Å². The Labute approximate surface area is 149 Å². The predicted molar refractivity (Wildman–Crippen MR) is 99.3 cm³/mol. The summed E-state index contributed by atoms with van der Waals surface area (Å²) in [4.78, 5) is 17.1. The summed E-state index contributed by atoms with van der Waals surface area (Å²) in [7, 11) is 0. The molecule has 0 aromatic carbocycles. The van der Waals surface area contributed by atoms with E-state index in [9.17, 15) is 4.79 Å². The van der Waals surface area contributed by atoms with Crippen LogP contribution in [-0.4, -0.2) is 10.8 Å². The van der Waals surface area contributed by atoms with Crippen LogP contribution in [-0.2, 0) is 13.1 Å². The minimum atomic E-state index is 0.107. The van der Waals surface area contributed by atoms with Crippen LogP contribution < -0.4 is 0 Å². The monoisotopic (exact) mass is 445 g/mol. The van der Waals surface area contributed by atoms with E-state index in [1.54, 1.807) is 34.0 Å². The highest BCUT2D eigenvalue weighted by Crippen LogP contribution is 2.22. The summed E-state index contributed by atoms with van der Waals surface area (Å²) in [6, 6.07) is 10.2. The average Bonchev–Trinajstić information content (AvgIpc) is 3.19. The average molecular weight is 445 g/mol. The Balaban J connectivity index is 1.82. The van der Waals surface area contributed by atoms with Crippen molar-refractivity contribution in [1.29, 1.82) is 0 Å². The van der Waals surface area contributed by atoms with Crippen molar-refractivity contribution in [3.63, 3.8) is 0 Å². The van der Waals surface area contributed by atoms with Crippen molar-refractivity contribution in [2.45, 2.75) is 13.1 Å². The second-order valence-electron chi connectivity index (χ2n) is 4.46. The van der Waals surface area contributed by atoms with Crippen LogP contribution >= 0.6 is 56.6 Å². The second-order valence-corrected chi connectivity index (χ2v) is 9.33. The van der Waals surface area contributed by atoms with Gasteiger partial charge in [-0.25, -0.2) is 0 Å². The molecule has 0 radical (unpaired) electrons. The Morgan fingerprint density at radius 2 is 1.67 bits per heavy atom. The third-order valence-corrected chi connectivity index (χ3v) is 6.47. The summed E-state index contributed by atoms with van der Waals surface area (Å²) in [5.41, 5.74) is 0.789. The number of thiophene rings is 3. The Morgan fingerprint density at radius 1 is 1.05 bits per heavy atom. The fourth-order valence-electron chi connectivity index (χ4n) is 1.99. The van der Waals surface area contributed by atoms with Crippen LogP contribution in [0, 0.1) is 2.88 Å². The van der Waals surface area contributed by atoms with E-state index in [1.165, 1.54) is 9.75 Å². The minimum Gasteiger partial charge on any atom is -0.328 e. The lowest BCUT2D eigenvalue weighted by atomic mass is 10.2. The molecule has 0 saturated carbocycles. The lowest BCUT2D eigenvalue weighted by Gasteiger charge is -2.21. The second kappa shape index (κ2) is 7.04. The maximum absolute atomic E-state index is 12.7. The van der Waals surface area contributed by atoms with Gasteiger partial charge < -0.3 is 4.90 Å². The fourth-order valence-corrected chi connectivity index (χ4v) is 4.74. The summed E-state index contributed by atoms with van der Waals surface area (Å²) < 4.78 is 1.14. The summed E-state index contributed by atoms with van der Waals surface area (Å²) in [5.74, 6) is 0.107. The van der Waals surface area contributed by atoms with Crippen LogP contribution in [0.3, 0.4) is 0 Å². The van der Waals surface area contributed by atoms with Gasteiger partial charge in [-0.3, -0.25) is 4.79 Å². The third kappa shape index (κ3) is 3.94. The summed E-state index contributed by atoms with van der Waals surface area (Å²) in [6.45, 7) is 1.33. The molecule has 3 aromatic rings. The van der Waals surface area contributed by atoms with Crippen molar-refractivity contribution in [2.24, 2.45) is 0 Å². The Bertz CT molecular complexity index is 667. The zero-order valence-electron chi connectivity index (χ0n) is 11.0. The topological polar surface area (TPSA) is 20.3 Å². The van der Waals surface area contributed by atoms with Crippen LogP contribution in [0.1, 0.15) is 20.1 Å². The van der Waals surface area contributed by atoms with E-state index >= 15 is 0 Å². The smallest absolute Gasteiger partial charge is 0.255 e. The highest BCUT2D eigenvalue weighted by Gasteiger charge is 2.18. The Kier molecular flexibility index (Phi) is 5.10. The maximum atomic E-state index is 12.7. The molecule has 6 heteroatoms. The van der Waals surface area contributed by atoms with Gasteiger partial charge in [0.1, 0.15) is 0 Å². The quantitative estimate of drug-likeness (QED) is 0.487. The van der Waals surface area contributed by atoms with Gasteiger partial charge >= 0.3 is 0 Å². The SMILES string of the molecule is O=C(c1csc(I)c1)N(Cc1cccs1)Cc1cccs1. The lowest BCUT2D eigenvalue weighted by molar-refractivity contribution is 0.0734. The Hall–Kier alpha value is -0.700. The summed E-state index contributed by atoms with van der Waals surface area (Å²) in [6.07, 6.45) is 0. The number of hydrogen-bond acceptors (Lipinski definition) is 4. The van der Waals surface area contributed by atoms with E-state index in [4.69, 9.17) is 0 Å². The molecule has 0 unspecified atom stereocenters. The number of carbonyl (C=O) groups excluding carboxylic acids is 1. The maximum Gasteiger partial charge on any atom is 0.255 e. The summed E-state index contributed by atoms with van der Waals surface area (Å²) in [5, 5.41) is 6.05. The molecule has 3 heterocycles. The van der Waals surface area contributed by atoms with Gasteiger partial charge in [-0.2, -0.15) is 0 Å². The molecule has 0 saturated heterocycles. The molecule has 0 aliphatic rings. The first-order valence-electron chi connectivity index (χ1n) is 6.30. The first-order chi connectivity index (χ1) is 10.2. The zero-order valence-corrected chi connectivity index (χ0v) is 15.6. The van der Waals surface area contributed by atoms with Gasteiger partial charge in [-0.15, -0.1) is 34.0 Å². The molecule has 0 fully saturated rings. The lowest BCUT2D eigenvalue weighted by Crippen LogP contribution is -2.29. The molecular formula is C15H12INOS3. The number of rotatable bonds is 5. The van der Waals surface area contributed by atoms with E-state index < -0.39 is 0 Å². The number of carbonyl (C=O) groups is 1. The Morgan fingerprint density at radius 3 is 2.10 bits per heavy atom. The molecule has 3 rings (SSSR count). The van der Waals surface area contributed by atoms with Gasteiger partial charge in [0, 0.05) is 15.1 Å². The largest absolute Gasteiger partial charge is 0.328 e. The molecule has 0 N–H and O–H groups in total.